The van der Waals surface area contributed by atoms with Crippen molar-refractivity contribution in [1.82, 2.24) is 0 Å². The van der Waals surface area contributed by atoms with Gasteiger partial charge in [0.25, 0.3) is 0 Å². The highest BCUT2D eigenvalue weighted by Gasteiger charge is 2.26. The standard InChI is InChI=1S/C24H30O4/c1-2-3-4-5-6-7-8-9-13-16-20-21(25)17-18-22(26)23(20)28-24(27)19-14-11-10-12-15-19/h10-12,14-15,17-18H,2-9,13,16H2,1H3. The van der Waals surface area contributed by atoms with Crippen LogP contribution in [-0.2, 0) is 14.3 Å². The Bertz CT molecular complexity index is 728. The predicted octanol–water partition coefficient (Wildman–Crippen LogP) is 5.73. The Kier molecular flexibility index (Phi) is 9.40. The molecule has 150 valence electrons. The SMILES string of the molecule is CCCCCCCCCCCC1=C(OC(=O)c2ccccc2)C(=O)C=CC1=O. The van der Waals surface area contributed by atoms with E-state index in [1.807, 2.05) is 0 Å². The summed E-state index contributed by atoms with van der Waals surface area (Å²) in [6, 6.07) is 8.48. The van der Waals surface area contributed by atoms with E-state index >= 15 is 0 Å². The maximum Gasteiger partial charge on any atom is 0.343 e. The number of allylic oxidation sites excluding steroid dienone is 3. The number of esters is 1. The van der Waals surface area contributed by atoms with Gasteiger partial charge in [-0.3, -0.25) is 9.59 Å². The molecule has 0 amide bonds. The zero-order valence-corrected chi connectivity index (χ0v) is 16.7. The maximum atomic E-state index is 12.3. The van der Waals surface area contributed by atoms with Crippen LogP contribution in [0, 0.1) is 0 Å². The van der Waals surface area contributed by atoms with Crippen LogP contribution in [-0.4, -0.2) is 17.5 Å². The molecule has 1 aromatic rings. The molecule has 0 aromatic heterocycles. The number of ketones is 2. The van der Waals surface area contributed by atoms with Crippen molar-refractivity contribution < 1.29 is 19.1 Å². The summed E-state index contributed by atoms with van der Waals surface area (Å²) in [6.07, 6.45) is 13.5. The molecular formula is C24H30O4. The molecular weight excluding hydrogens is 352 g/mol. The maximum absolute atomic E-state index is 12.3. The molecule has 0 saturated carbocycles. The van der Waals surface area contributed by atoms with Crippen LogP contribution < -0.4 is 0 Å². The molecule has 1 aliphatic rings. The first-order chi connectivity index (χ1) is 13.6. The van der Waals surface area contributed by atoms with Gasteiger partial charge < -0.3 is 4.74 Å². The zero-order valence-electron chi connectivity index (χ0n) is 16.7. The molecule has 0 bridgehead atoms. The van der Waals surface area contributed by atoms with Gasteiger partial charge in [0.05, 0.1) is 5.56 Å². The van der Waals surface area contributed by atoms with Crippen molar-refractivity contribution in [3.05, 3.63) is 59.4 Å². The van der Waals surface area contributed by atoms with Gasteiger partial charge in [-0.15, -0.1) is 0 Å². The molecule has 0 spiro atoms. The molecule has 0 unspecified atom stereocenters. The number of hydrogen-bond acceptors (Lipinski definition) is 4. The molecule has 2 rings (SSSR count). The van der Waals surface area contributed by atoms with Crippen LogP contribution in [0.1, 0.15) is 81.5 Å². The first kappa shape index (κ1) is 21.8. The van der Waals surface area contributed by atoms with Gasteiger partial charge in [0.15, 0.2) is 11.5 Å². The van der Waals surface area contributed by atoms with E-state index in [1.54, 1.807) is 30.3 Å². The zero-order chi connectivity index (χ0) is 20.2. The van der Waals surface area contributed by atoms with Gasteiger partial charge in [0.1, 0.15) is 0 Å². The van der Waals surface area contributed by atoms with E-state index in [1.165, 1.54) is 50.7 Å². The lowest BCUT2D eigenvalue weighted by atomic mass is 9.95. The van der Waals surface area contributed by atoms with Crippen molar-refractivity contribution in [3.8, 4) is 0 Å². The van der Waals surface area contributed by atoms with Crippen LogP contribution in [0.2, 0.25) is 0 Å². The summed E-state index contributed by atoms with van der Waals surface area (Å²) in [5.74, 6) is -1.39. The Labute approximate surface area is 167 Å². The van der Waals surface area contributed by atoms with Crippen LogP contribution in [0.25, 0.3) is 0 Å². The number of unbranched alkanes of at least 4 members (excludes halogenated alkanes) is 8. The van der Waals surface area contributed by atoms with Gasteiger partial charge in [-0.05, 0) is 37.1 Å². The third-order valence-corrected chi connectivity index (χ3v) is 4.92. The lowest BCUT2D eigenvalue weighted by Gasteiger charge is -2.14. The van der Waals surface area contributed by atoms with Crippen molar-refractivity contribution in [2.24, 2.45) is 0 Å². The van der Waals surface area contributed by atoms with E-state index in [0.717, 1.165) is 19.3 Å². The second kappa shape index (κ2) is 12.1. The number of carbonyl (C=O) groups excluding carboxylic acids is 3. The minimum Gasteiger partial charge on any atom is -0.418 e. The van der Waals surface area contributed by atoms with E-state index in [2.05, 4.69) is 6.92 Å². The molecule has 0 heterocycles. The molecule has 0 saturated heterocycles. The second-order valence-electron chi connectivity index (χ2n) is 7.20. The fraction of sp³-hybridized carbons (Fsp3) is 0.458. The summed E-state index contributed by atoms with van der Waals surface area (Å²) in [7, 11) is 0. The molecule has 0 radical (unpaired) electrons. The van der Waals surface area contributed by atoms with Crippen molar-refractivity contribution in [2.45, 2.75) is 71.1 Å². The molecule has 0 atom stereocenters. The topological polar surface area (TPSA) is 60.4 Å². The number of benzene rings is 1. The van der Waals surface area contributed by atoms with E-state index in [4.69, 9.17) is 4.74 Å². The van der Waals surface area contributed by atoms with E-state index < -0.39 is 11.8 Å². The third kappa shape index (κ3) is 6.91. The average molecular weight is 383 g/mol. The van der Waals surface area contributed by atoms with E-state index in [0.29, 0.717) is 17.6 Å². The Morgan fingerprint density at radius 1 is 0.786 bits per heavy atom. The number of carbonyl (C=O) groups is 3. The molecule has 28 heavy (non-hydrogen) atoms. The molecule has 4 nitrogen and oxygen atoms in total. The number of hydrogen-bond donors (Lipinski definition) is 0. The van der Waals surface area contributed by atoms with Crippen LogP contribution in [0.3, 0.4) is 0 Å². The molecule has 0 N–H and O–H groups in total. The normalized spacial score (nSPS) is 13.9. The molecule has 0 fully saturated rings. The van der Waals surface area contributed by atoms with Crippen molar-refractivity contribution in [1.29, 1.82) is 0 Å². The van der Waals surface area contributed by atoms with Gasteiger partial charge in [0, 0.05) is 5.57 Å². The Hall–Kier alpha value is -2.49. The minimum atomic E-state index is -0.614. The molecule has 1 aromatic carbocycles. The van der Waals surface area contributed by atoms with Crippen molar-refractivity contribution in [3.63, 3.8) is 0 Å². The molecule has 1 aliphatic carbocycles. The highest BCUT2D eigenvalue weighted by atomic mass is 16.5. The second-order valence-corrected chi connectivity index (χ2v) is 7.20. The van der Waals surface area contributed by atoms with E-state index in [9.17, 15) is 14.4 Å². The predicted molar refractivity (Wildman–Crippen MR) is 110 cm³/mol. The Morgan fingerprint density at radius 3 is 2.00 bits per heavy atom. The first-order valence-corrected chi connectivity index (χ1v) is 10.4. The van der Waals surface area contributed by atoms with Gasteiger partial charge in [-0.25, -0.2) is 4.79 Å². The minimum absolute atomic E-state index is 0.110. The molecule has 4 heteroatoms. The summed E-state index contributed by atoms with van der Waals surface area (Å²) >= 11 is 0. The fourth-order valence-corrected chi connectivity index (χ4v) is 3.28. The highest BCUT2D eigenvalue weighted by Crippen LogP contribution is 2.23. The lowest BCUT2D eigenvalue weighted by molar-refractivity contribution is -0.117. The fourth-order valence-electron chi connectivity index (χ4n) is 3.28. The third-order valence-electron chi connectivity index (χ3n) is 4.92. The summed E-state index contributed by atoms with van der Waals surface area (Å²) in [5, 5.41) is 0. The van der Waals surface area contributed by atoms with Gasteiger partial charge in [0.2, 0.25) is 5.78 Å². The van der Waals surface area contributed by atoms with Gasteiger partial charge in [-0.2, -0.15) is 0 Å². The summed E-state index contributed by atoms with van der Waals surface area (Å²) in [4.78, 5) is 36.7. The average Bonchev–Trinajstić information content (AvgIpc) is 2.71. The van der Waals surface area contributed by atoms with Crippen LogP contribution in [0.4, 0.5) is 0 Å². The van der Waals surface area contributed by atoms with Crippen LogP contribution in [0.15, 0.2) is 53.8 Å². The monoisotopic (exact) mass is 382 g/mol. The summed E-state index contributed by atoms with van der Waals surface area (Å²) in [6.45, 7) is 2.21. The van der Waals surface area contributed by atoms with Crippen LogP contribution in [0.5, 0.6) is 0 Å². The Balaban J connectivity index is 1.87. The number of rotatable bonds is 12. The summed E-state index contributed by atoms with van der Waals surface area (Å²) < 4.78 is 5.32. The lowest BCUT2D eigenvalue weighted by Crippen LogP contribution is -2.19. The largest absolute Gasteiger partial charge is 0.418 e. The number of ether oxygens (including phenoxy) is 1. The quantitative estimate of drug-likeness (QED) is 0.263. The molecule has 0 aliphatic heterocycles. The van der Waals surface area contributed by atoms with Crippen molar-refractivity contribution in [2.75, 3.05) is 0 Å². The first-order valence-electron chi connectivity index (χ1n) is 10.4. The Morgan fingerprint density at radius 2 is 1.36 bits per heavy atom. The summed E-state index contributed by atoms with van der Waals surface area (Å²) in [5.41, 5.74) is 0.673. The van der Waals surface area contributed by atoms with Gasteiger partial charge >= 0.3 is 5.97 Å². The van der Waals surface area contributed by atoms with E-state index in [-0.39, 0.29) is 11.5 Å². The van der Waals surface area contributed by atoms with Crippen LogP contribution >= 0.6 is 0 Å². The van der Waals surface area contributed by atoms with Gasteiger partial charge in [-0.1, -0.05) is 76.5 Å². The smallest absolute Gasteiger partial charge is 0.343 e. The highest BCUT2D eigenvalue weighted by molar-refractivity contribution is 6.20. The van der Waals surface area contributed by atoms with Crippen molar-refractivity contribution >= 4 is 17.5 Å².